The average molecular weight is 533 g/mol. The van der Waals surface area contributed by atoms with Crippen molar-refractivity contribution in [1.82, 2.24) is 0 Å². The summed E-state index contributed by atoms with van der Waals surface area (Å²) < 4.78 is 0. The van der Waals surface area contributed by atoms with Gasteiger partial charge in [-0.3, -0.25) is 0 Å². The van der Waals surface area contributed by atoms with Crippen LogP contribution in [0.25, 0.3) is 35.4 Å². The first-order valence-electron chi connectivity index (χ1n) is 14.2. The molecule has 5 rings (SSSR count). The third kappa shape index (κ3) is 7.46. The van der Waals surface area contributed by atoms with Gasteiger partial charge in [0.05, 0.1) is 0 Å². The minimum Gasteiger partial charge on any atom is -0.0648 e. The van der Waals surface area contributed by atoms with E-state index in [0.717, 1.165) is 0 Å². The van der Waals surface area contributed by atoms with Crippen LogP contribution in [0.4, 0.5) is 0 Å². The molecule has 196 valence electrons. The van der Waals surface area contributed by atoms with Gasteiger partial charge in [0.15, 0.2) is 0 Å². The molecule has 2 radical (unpaired) electrons. The quantitative estimate of drug-likeness (QED) is 0.131. The Bertz CT molecular complexity index is 1550. The molecule has 0 aliphatic heterocycles. The molecule has 0 heterocycles. The summed E-state index contributed by atoms with van der Waals surface area (Å²) in [5.74, 6) is 0.618. The monoisotopic (exact) mass is 532 g/mol. The highest BCUT2D eigenvalue weighted by atomic mass is 28.2. The molecule has 40 heavy (non-hydrogen) atoms. The van der Waals surface area contributed by atoms with Crippen LogP contribution in [0, 0.1) is 6.92 Å². The van der Waals surface area contributed by atoms with Gasteiger partial charge in [-0.25, -0.2) is 0 Å². The van der Waals surface area contributed by atoms with E-state index < -0.39 is 0 Å². The highest BCUT2D eigenvalue weighted by Crippen LogP contribution is 2.21. The summed E-state index contributed by atoms with van der Waals surface area (Å²) in [4.78, 5) is 0. The summed E-state index contributed by atoms with van der Waals surface area (Å²) in [6.45, 7) is 6.64. The molecule has 0 bridgehead atoms. The second kappa shape index (κ2) is 13.2. The Kier molecular flexibility index (Phi) is 9.06. The molecule has 0 saturated carbocycles. The minimum absolute atomic E-state index is 0.618. The van der Waals surface area contributed by atoms with Crippen LogP contribution in [0.1, 0.15) is 59.6 Å². The minimum atomic E-state index is 0.618. The van der Waals surface area contributed by atoms with Gasteiger partial charge in [0, 0.05) is 0 Å². The largest absolute Gasteiger partial charge is 0.121 e. The third-order valence-corrected chi connectivity index (χ3v) is 8.70. The SMILES string of the molecule is CCC(C)c1ccc(C=Cc2ccc([Si]c3ccc(C=Cc4ccc(-c5ccc(C)cc5)cc4)cc3)cc2)cc1. The second-order valence-electron chi connectivity index (χ2n) is 10.5. The molecule has 0 aliphatic rings. The predicted molar refractivity (Wildman–Crippen MR) is 178 cm³/mol. The lowest BCUT2D eigenvalue weighted by Crippen LogP contribution is -2.26. The first kappa shape index (κ1) is 27.4. The summed E-state index contributed by atoms with van der Waals surface area (Å²) in [6, 6.07) is 44.2. The molecule has 1 heteroatoms. The maximum atomic E-state index is 2.28. The molecule has 0 N–H and O–H groups in total. The number of rotatable bonds is 9. The van der Waals surface area contributed by atoms with Crippen molar-refractivity contribution in [2.75, 3.05) is 0 Å². The maximum Gasteiger partial charge on any atom is 0.121 e. The first-order chi connectivity index (χ1) is 19.6. The number of hydrogen-bond donors (Lipinski definition) is 0. The van der Waals surface area contributed by atoms with Crippen LogP contribution >= 0.6 is 0 Å². The fourth-order valence-electron chi connectivity index (χ4n) is 4.61. The topological polar surface area (TPSA) is 0 Å². The Labute approximate surface area is 242 Å². The van der Waals surface area contributed by atoms with E-state index >= 15 is 0 Å². The fourth-order valence-corrected chi connectivity index (χ4v) is 5.61. The van der Waals surface area contributed by atoms with Crippen molar-refractivity contribution in [1.29, 1.82) is 0 Å². The molecular weight excluding hydrogens is 497 g/mol. The molecule has 1 unspecified atom stereocenters. The molecule has 0 spiro atoms. The third-order valence-electron chi connectivity index (χ3n) is 7.46. The van der Waals surface area contributed by atoms with Crippen LogP contribution in [-0.2, 0) is 0 Å². The van der Waals surface area contributed by atoms with Crippen molar-refractivity contribution in [2.24, 2.45) is 0 Å². The van der Waals surface area contributed by atoms with Gasteiger partial charge < -0.3 is 0 Å². The van der Waals surface area contributed by atoms with Gasteiger partial charge in [-0.1, -0.05) is 175 Å². The van der Waals surface area contributed by atoms with Crippen LogP contribution in [0.15, 0.2) is 121 Å². The number of hydrogen-bond acceptors (Lipinski definition) is 0. The van der Waals surface area contributed by atoms with Crippen molar-refractivity contribution >= 4 is 44.2 Å². The van der Waals surface area contributed by atoms with E-state index in [9.17, 15) is 0 Å². The molecule has 0 nitrogen and oxygen atoms in total. The molecule has 1 atom stereocenters. The lowest BCUT2D eigenvalue weighted by molar-refractivity contribution is 0.733. The van der Waals surface area contributed by atoms with Crippen molar-refractivity contribution in [3.05, 3.63) is 155 Å². The maximum absolute atomic E-state index is 2.28. The molecule has 0 amide bonds. The Morgan fingerprint density at radius 3 is 1.25 bits per heavy atom. The zero-order valence-electron chi connectivity index (χ0n) is 23.6. The van der Waals surface area contributed by atoms with Gasteiger partial charge in [-0.05, 0) is 58.2 Å². The molecule has 0 aliphatic carbocycles. The summed E-state index contributed by atoms with van der Waals surface area (Å²) in [5.41, 5.74) is 10.1. The Hall–Kier alpha value is -4.20. The molecule has 0 saturated heterocycles. The van der Waals surface area contributed by atoms with Gasteiger partial charge >= 0.3 is 0 Å². The van der Waals surface area contributed by atoms with E-state index in [4.69, 9.17) is 0 Å². The molecule has 0 aromatic heterocycles. The summed E-state index contributed by atoms with van der Waals surface area (Å²) in [5, 5.41) is 2.70. The van der Waals surface area contributed by atoms with E-state index in [1.54, 1.807) is 0 Å². The average Bonchev–Trinajstić information content (AvgIpc) is 3.01. The molecule has 0 fully saturated rings. The standard InChI is InChI=1S/C39H36Si/c1-4-30(3)35-21-11-31(12-22-35)7-9-33-15-25-38(26-16-33)40-39-27-17-34(18-28-39)10-8-32-13-23-37(24-14-32)36-19-5-29(2)6-20-36/h5-28,30H,4H2,1-3H3. The van der Waals surface area contributed by atoms with Gasteiger partial charge in [-0.15, -0.1) is 0 Å². The normalized spacial score (nSPS) is 12.3. The highest BCUT2D eigenvalue weighted by Gasteiger charge is 2.02. The van der Waals surface area contributed by atoms with E-state index in [2.05, 4.69) is 166 Å². The van der Waals surface area contributed by atoms with Crippen LogP contribution in [0.3, 0.4) is 0 Å². The van der Waals surface area contributed by atoms with Crippen molar-refractivity contribution in [3.8, 4) is 11.1 Å². The number of aryl methyl sites for hydroxylation is 1. The van der Waals surface area contributed by atoms with Crippen molar-refractivity contribution < 1.29 is 0 Å². The van der Waals surface area contributed by atoms with E-state index in [1.807, 2.05) is 0 Å². The number of benzene rings is 5. The molecular formula is C39H36Si. The fraction of sp³-hybridized carbons (Fsp3) is 0.128. The van der Waals surface area contributed by atoms with Gasteiger partial charge in [0.25, 0.3) is 0 Å². The second-order valence-corrected chi connectivity index (χ2v) is 11.9. The Balaban J connectivity index is 1.15. The van der Waals surface area contributed by atoms with Crippen molar-refractivity contribution in [2.45, 2.75) is 33.1 Å². The lowest BCUT2D eigenvalue weighted by atomic mass is 9.97. The summed E-state index contributed by atoms with van der Waals surface area (Å²) in [7, 11) is 0.651. The van der Waals surface area contributed by atoms with Crippen LogP contribution < -0.4 is 10.4 Å². The van der Waals surface area contributed by atoms with Crippen molar-refractivity contribution in [3.63, 3.8) is 0 Å². The zero-order valence-corrected chi connectivity index (χ0v) is 24.6. The molecule has 5 aromatic carbocycles. The van der Waals surface area contributed by atoms with E-state index in [0.29, 0.717) is 15.4 Å². The summed E-state index contributed by atoms with van der Waals surface area (Å²) in [6.07, 6.45) is 9.94. The van der Waals surface area contributed by atoms with Crippen LogP contribution in [0.2, 0.25) is 0 Å². The van der Waals surface area contributed by atoms with Gasteiger partial charge in [-0.2, -0.15) is 0 Å². The first-order valence-corrected chi connectivity index (χ1v) is 15.2. The highest BCUT2D eigenvalue weighted by molar-refractivity contribution is 6.67. The van der Waals surface area contributed by atoms with Crippen LogP contribution in [0.5, 0.6) is 0 Å². The van der Waals surface area contributed by atoms with Crippen LogP contribution in [-0.4, -0.2) is 9.52 Å². The smallest absolute Gasteiger partial charge is 0.0648 e. The zero-order chi connectivity index (χ0) is 27.7. The Morgan fingerprint density at radius 1 is 0.500 bits per heavy atom. The predicted octanol–water partition coefficient (Wildman–Crippen LogP) is 9.17. The van der Waals surface area contributed by atoms with E-state index in [-0.39, 0.29) is 0 Å². The molecule has 5 aromatic rings. The lowest BCUT2D eigenvalue weighted by Gasteiger charge is -2.08. The van der Waals surface area contributed by atoms with Gasteiger partial charge in [0.1, 0.15) is 9.52 Å². The van der Waals surface area contributed by atoms with Gasteiger partial charge in [0.2, 0.25) is 0 Å². The summed E-state index contributed by atoms with van der Waals surface area (Å²) >= 11 is 0. The van der Waals surface area contributed by atoms with E-state index in [1.165, 1.54) is 61.3 Å². The Morgan fingerprint density at radius 2 is 0.850 bits per heavy atom.